The Morgan fingerprint density at radius 3 is 2.58 bits per heavy atom. The van der Waals surface area contributed by atoms with Gasteiger partial charge < -0.3 is 9.30 Å². The molecule has 4 aromatic rings. The quantitative estimate of drug-likeness (QED) is 0.381. The van der Waals surface area contributed by atoms with Crippen molar-refractivity contribution in [2.75, 3.05) is 0 Å². The number of hydrogen-bond acceptors (Lipinski definition) is 2. The zero-order chi connectivity index (χ0) is 17.9. The molecule has 2 heterocycles. The number of benzene rings is 2. The molecule has 0 aliphatic heterocycles. The molecule has 0 bridgehead atoms. The van der Waals surface area contributed by atoms with Crippen molar-refractivity contribution < 1.29 is 4.74 Å². The molecule has 2 nitrogen and oxygen atoms in total. The van der Waals surface area contributed by atoms with Crippen molar-refractivity contribution >= 4 is 22.2 Å². The lowest BCUT2D eigenvalue weighted by atomic mass is 10.1. The molecule has 3 heteroatoms. The highest BCUT2D eigenvalue weighted by Crippen LogP contribution is 2.28. The molecule has 2 aromatic heterocycles. The number of rotatable bonds is 6. The van der Waals surface area contributed by atoms with E-state index in [1.807, 2.05) is 0 Å². The summed E-state index contributed by atoms with van der Waals surface area (Å²) in [5, 5.41) is 5.56. The number of nitrogens with zero attached hydrogens (tertiary/aromatic N) is 1. The van der Waals surface area contributed by atoms with Gasteiger partial charge in [-0.05, 0) is 59.7 Å². The van der Waals surface area contributed by atoms with Crippen molar-refractivity contribution in [3.63, 3.8) is 0 Å². The highest BCUT2D eigenvalue weighted by atomic mass is 32.1. The molecular weight excluding hydrogens is 338 g/mol. The summed E-state index contributed by atoms with van der Waals surface area (Å²) in [7, 11) is 0. The Labute approximate surface area is 158 Å². The number of aromatic nitrogens is 1. The van der Waals surface area contributed by atoms with Crippen LogP contribution in [0.1, 0.15) is 30.0 Å². The molecular formula is C23H23NOS. The van der Waals surface area contributed by atoms with Crippen LogP contribution >= 0.6 is 11.3 Å². The molecule has 0 amide bonds. The first-order valence-electron chi connectivity index (χ1n) is 9.10. The van der Waals surface area contributed by atoms with Gasteiger partial charge in [0.1, 0.15) is 12.4 Å². The average Bonchev–Trinajstić information content (AvgIpc) is 3.32. The summed E-state index contributed by atoms with van der Waals surface area (Å²) in [4.78, 5) is 0. The lowest BCUT2D eigenvalue weighted by Gasteiger charge is -2.12. The number of ether oxygens (including phenoxy) is 1. The lowest BCUT2D eigenvalue weighted by molar-refractivity contribution is 0.305. The van der Waals surface area contributed by atoms with E-state index in [0.29, 0.717) is 6.61 Å². The normalized spacial score (nSPS) is 11.2. The van der Waals surface area contributed by atoms with Crippen LogP contribution in [0.5, 0.6) is 5.75 Å². The molecule has 0 fully saturated rings. The minimum Gasteiger partial charge on any atom is -0.489 e. The highest BCUT2D eigenvalue weighted by molar-refractivity contribution is 7.08. The molecule has 0 saturated carbocycles. The van der Waals surface area contributed by atoms with Crippen LogP contribution in [-0.4, -0.2) is 4.57 Å². The minimum absolute atomic E-state index is 0.587. The van der Waals surface area contributed by atoms with E-state index in [2.05, 4.69) is 83.9 Å². The van der Waals surface area contributed by atoms with Gasteiger partial charge in [0.2, 0.25) is 0 Å². The van der Waals surface area contributed by atoms with Crippen LogP contribution in [0.3, 0.4) is 0 Å². The third kappa shape index (κ3) is 3.27. The summed E-state index contributed by atoms with van der Waals surface area (Å²) in [5.41, 5.74) is 6.36. The van der Waals surface area contributed by atoms with Crippen molar-refractivity contribution in [1.29, 1.82) is 0 Å². The van der Waals surface area contributed by atoms with E-state index in [4.69, 9.17) is 4.74 Å². The predicted molar refractivity (Wildman–Crippen MR) is 111 cm³/mol. The molecule has 0 saturated heterocycles. The van der Waals surface area contributed by atoms with E-state index >= 15 is 0 Å². The maximum absolute atomic E-state index is 6.05. The molecule has 0 unspecified atom stereocenters. The van der Waals surface area contributed by atoms with Crippen LogP contribution in [0.4, 0.5) is 0 Å². The van der Waals surface area contributed by atoms with Crippen molar-refractivity contribution in [1.82, 2.24) is 4.57 Å². The highest BCUT2D eigenvalue weighted by Gasteiger charge is 2.10. The Hall–Kier alpha value is -2.52. The molecule has 2 aromatic carbocycles. The Kier molecular flexibility index (Phi) is 4.81. The first kappa shape index (κ1) is 16.9. The topological polar surface area (TPSA) is 14.2 Å². The van der Waals surface area contributed by atoms with Crippen LogP contribution in [-0.2, 0) is 13.0 Å². The second-order valence-electron chi connectivity index (χ2n) is 6.64. The van der Waals surface area contributed by atoms with E-state index in [1.54, 1.807) is 11.3 Å². The van der Waals surface area contributed by atoms with Crippen LogP contribution in [0.15, 0.2) is 65.5 Å². The van der Waals surface area contributed by atoms with Gasteiger partial charge in [0, 0.05) is 17.0 Å². The summed E-state index contributed by atoms with van der Waals surface area (Å²) in [5.74, 6) is 0.928. The second kappa shape index (κ2) is 7.38. The maximum Gasteiger partial charge on any atom is 0.119 e. The molecule has 0 spiro atoms. The van der Waals surface area contributed by atoms with Crippen LogP contribution in [0.25, 0.3) is 16.6 Å². The van der Waals surface area contributed by atoms with Gasteiger partial charge in [0.25, 0.3) is 0 Å². The van der Waals surface area contributed by atoms with E-state index in [0.717, 1.165) is 12.2 Å². The van der Waals surface area contributed by atoms with Gasteiger partial charge in [-0.3, -0.25) is 0 Å². The zero-order valence-electron chi connectivity index (χ0n) is 15.2. The summed E-state index contributed by atoms with van der Waals surface area (Å²) in [6, 6.07) is 17.2. The lowest BCUT2D eigenvalue weighted by Crippen LogP contribution is -2.00. The summed E-state index contributed by atoms with van der Waals surface area (Å²) < 4.78 is 8.32. The van der Waals surface area contributed by atoms with Gasteiger partial charge in [-0.15, -0.1) is 0 Å². The maximum atomic E-state index is 6.05. The van der Waals surface area contributed by atoms with E-state index in [-0.39, 0.29) is 0 Å². The number of fused-ring (bicyclic) bond motifs is 1. The fourth-order valence-electron chi connectivity index (χ4n) is 3.41. The fraction of sp³-hybridized carbons (Fsp3) is 0.217. The van der Waals surface area contributed by atoms with Gasteiger partial charge >= 0.3 is 0 Å². The summed E-state index contributed by atoms with van der Waals surface area (Å²) in [6.45, 7) is 4.98. The number of hydrogen-bond donors (Lipinski definition) is 0. The zero-order valence-corrected chi connectivity index (χ0v) is 16.1. The van der Waals surface area contributed by atoms with Gasteiger partial charge in [-0.1, -0.05) is 37.6 Å². The SMILES string of the molecule is CCCc1ccc(OCc2ccc3ccn(-c4ccsc4)c3c2C)cc1. The van der Waals surface area contributed by atoms with E-state index < -0.39 is 0 Å². The standard InChI is InChI=1S/C23H23NOS/c1-3-4-18-5-9-22(10-6-18)25-15-20-8-7-19-11-13-24(23(19)17(20)2)21-12-14-26-16-21/h5-14,16H,3-4,15H2,1-2H3. The smallest absolute Gasteiger partial charge is 0.119 e. The Balaban J connectivity index is 1.59. The van der Waals surface area contributed by atoms with Gasteiger partial charge in [-0.2, -0.15) is 11.3 Å². The Bertz CT molecular complexity index is 997. The Morgan fingerprint density at radius 2 is 1.85 bits per heavy atom. The minimum atomic E-state index is 0.587. The number of thiophene rings is 1. The van der Waals surface area contributed by atoms with Crippen molar-refractivity contribution in [2.45, 2.75) is 33.3 Å². The molecule has 26 heavy (non-hydrogen) atoms. The van der Waals surface area contributed by atoms with E-state index in [1.165, 1.54) is 39.7 Å². The largest absolute Gasteiger partial charge is 0.489 e. The first-order chi connectivity index (χ1) is 12.8. The second-order valence-corrected chi connectivity index (χ2v) is 7.42. The molecule has 4 rings (SSSR count). The third-order valence-electron chi connectivity index (χ3n) is 4.86. The fourth-order valence-corrected chi connectivity index (χ4v) is 4.04. The van der Waals surface area contributed by atoms with Crippen LogP contribution < -0.4 is 4.74 Å². The Morgan fingerprint density at radius 1 is 1.00 bits per heavy atom. The first-order valence-corrected chi connectivity index (χ1v) is 10.0. The molecule has 0 atom stereocenters. The monoisotopic (exact) mass is 361 g/mol. The van der Waals surface area contributed by atoms with Gasteiger partial charge in [0.15, 0.2) is 0 Å². The average molecular weight is 362 g/mol. The van der Waals surface area contributed by atoms with Crippen molar-refractivity contribution in [2.24, 2.45) is 0 Å². The van der Waals surface area contributed by atoms with Crippen molar-refractivity contribution in [3.8, 4) is 11.4 Å². The molecule has 0 aliphatic carbocycles. The van der Waals surface area contributed by atoms with Gasteiger partial charge in [-0.25, -0.2) is 0 Å². The van der Waals surface area contributed by atoms with E-state index in [9.17, 15) is 0 Å². The van der Waals surface area contributed by atoms with Crippen molar-refractivity contribution in [3.05, 3.63) is 82.2 Å². The molecule has 0 N–H and O–H groups in total. The molecule has 0 radical (unpaired) electrons. The predicted octanol–water partition coefficient (Wildman–Crippen LogP) is 6.53. The summed E-state index contributed by atoms with van der Waals surface area (Å²) >= 11 is 1.72. The molecule has 132 valence electrons. The van der Waals surface area contributed by atoms with Crippen LogP contribution in [0.2, 0.25) is 0 Å². The van der Waals surface area contributed by atoms with Crippen LogP contribution in [0, 0.1) is 6.92 Å². The van der Waals surface area contributed by atoms with Gasteiger partial charge in [0.05, 0.1) is 11.2 Å². The number of aryl methyl sites for hydroxylation is 2. The third-order valence-corrected chi connectivity index (χ3v) is 5.53. The molecule has 0 aliphatic rings. The summed E-state index contributed by atoms with van der Waals surface area (Å²) in [6.07, 6.45) is 4.44.